The van der Waals surface area contributed by atoms with Crippen molar-refractivity contribution in [2.75, 3.05) is 5.32 Å². The Hall–Kier alpha value is -2.35. The highest BCUT2D eigenvalue weighted by molar-refractivity contribution is 6.01. The molecule has 2 heteroatoms. The summed E-state index contributed by atoms with van der Waals surface area (Å²) in [4.78, 5) is 11.9. The lowest BCUT2D eigenvalue weighted by Crippen LogP contribution is -2.07. The molecule has 1 N–H and O–H groups in total. The van der Waals surface area contributed by atoms with Gasteiger partial charge in [-0.2, -0.15) is 0 Å². The number of anilines is 1. The van der Waals surface area contributed by atoms with E-state index in [0.717, 1.165) is 17.7 Å². The van der Waals surface area contributed by atoms with E-state index < -0.39 is 0 Å². The van der Waals surface area contributed by atoms with Gasteiger partial charge in [0, 0.05) is 11.8 Å². The summed E-state index contributed by atoms with van der Waals surface area (Å²) in [5.74, 6) is 0.433. The zero-order chi connectivity index (χ0) is 15.1. The number of carbonyl (C=O) groups is 1. The molecule has 2 aromatic rings. The lowest BCUT2D eigenvalue weighted by atomic mass is 9.99. The zero-order valence-electron chi connectivity index (χ0n) is 12.5. The van der Waals surface area contributed by atoms with Gasteiger partial charge in [-0.1, -0.05) is 56.3 Å². The molecule has 0 saturated carbocycles. The highest BCUT2D eigenvalue weighted by atomic mass is 16.1. The summed E-state index contributed by atoms with van der Waals surface area (Å²) >= 11 is 0. The van der Waals surface area contributed by atoms with Crippen LogP contribution in [0.5, 0.6) is 0 Å². The Kier molecular flexibility index (Phi) is 5.33. The molecule has 0 aliphatic carbocycles. The molecule has 0 aliphatic rings. The number of amides is 1. The largest absolute Gasteiger partial charge is 0.323 e. The summed E-state index contributed by atoms with van der Waals surface area (Å²) in [5, 5.41) is 2.87. The van der Waals surface area contributed by atoms with Crippen LogP contribution in [0, 0.1) is 0 Å². The van der Waals surface area contributed by atoms with Crippen molar-refractivity contribution in [1.29, 1.82) is 0 Å². The van der Waals surface area contributed by atoms with E-state index in [4.69, 9.17) is 0 Å². The molecule has 0 aromatic heterocycles. The fourth-order valence-electron chi connectivity index (χ4n) is 2.05. The SMILES string of the molecule is CC[C@@H](C)c1ccc(NC(=O)/C=C/c2ccccc2)cc1. The van der Waals surface area contributed by atoms with Gasteiger partial charge in [0.25, 0.3) is 0 Å². The van der Waals surface area contributed by atoms with E-state index in [2.05, 4.69) is 31.3 Å². The second kappa shape index (κ2) is 7.44. The molecule has 1 atom stereocenters. The average Bonchev–Trinajstić information content (AvgIpc) is 2.54. The predicted molar refractivity (Wildman–Crippen MR) is 89.3 cm³/mol. The van der Waals surface area contributed by atoms with Gasteiger partial charge in [0.05, 0.1) is 0 Å². The van der Waals surface area contributed by atoms with Gasteiger partial charge >= 0.3 is 0 Å². The molecule has 0 bridgehead atoms. The molecule has 0 unspecified atom stereocenters. The van der Waals surface area contributed by atoms with Crippen molar-refractivity contribution in [2.45, 2.75) is 26.2 Å². The average molecular weight is 279 g/mol. The van der Waals surface area contributed by atoms with E-state index in [1.165, 1.54) is 5.56 Å². The Morgan fingerprint density at radius 2 is 1.76 bits per heavy atom. The molecule has 2 rings (SSSR count). The minimum atomic E-state index is -0.116. The van der Waals surface area contributed by atoms with Gasteiger partial charge in [0.1, 0.15) is 0 Å². The van der Waals surface area contributed by atoms with Crippen molar-refractivity contribution in [3.8, 4) is 0 Å². The maximum absolute atomic E-state index is 11.9. The van der Waals surface area contributed by atoms with Crippen molar-refractivity contribution in [2.24, 2.45) is 0 Å². The summed E-state index contributed by atoms with van der Waals surface area (Å²) in [6.45, 7) is 4.38. The lowest BCUT2D eigenvalue weighted by Gasteiger charge is -2.09. The number of benzene rings is 2. The molecule has 0 aliphatic heterocycles. The van der Waals surface area contributed by atoms with Gasteiger partial charge in [-0.25, -0.2) is 0 Å². The Morgan fingerprint density at radius 1 is 1.10 bits per heavy atom. The fourth-order valence-corrected chi connectivity index (χ4v) is 2.05. The maximum Gasteiger partial charge on any atom is 0.248 e. The highest BCUT2D eigenvalue weighted by Crippen LogP contribution is 2.20. The molecule has 0 saturated heterocycles. The Morgan fingerprint density at radius 3 is 2.38 bits per heavy atom. The molecule has 108 valence electrons. The van der Waals surface area contributed by atoms with Crippen LogP contribution >= 0.6 is 0 Å². The summed E-state index contributed by atoms with van der Waals surface area (Å²) in [6, 6.07) is 17.8. The molecule has 0 fully saturated rings. The topological polar surface area (TPSA) is 29.1 Å². The quantitative estimate of drug-likeness (QED) is 0.779. The number of carbonyl (C=O) groups excluding carboxylic acids is 1. The minimum Gasteiger partial charge on any atom is -0.323 e. The van der Waals surface area contributed by atoms with Crippen LogP contribution in [0.4, 0.5) is 5.69 Å². The molecule has 1 amide bonds. The van der Waals surface area contributed by atoms with E-state index in [1.807, 2.05) is 48.5 Å². The minimum absolute atomic E-state index is 0.116. The third-order valence-electron chi connectivity index (χ3n) is 3.59. The fraction of sp³-hybridized carbons (Fsp3) is 0.211. The second-order valence-electron chi connectivity index (χ2n) is 5.16. The molecular weight excluding hydrogens is 258 g/mol. The summed E-state index contributed by atoms with van der Waals surface area (Å²) in [5.41, 5.74) is 3.14. The van der Waals surface area contributed by atoms with Crippen molar-refractivity contribution in [1.82, 2.24) is 0 Å². The van der Waals surface area contributed by atoms with E-state index in [1.54, 1.807) is 6.08 Å². The summed E-state index contributed by atoms with van der Waals surface area (Å²) in [6.07, 6.45) is 4.48. The van der Waals surface area contributed by atoms with Gasteiger partial charge in [0.15, 0.2) is 0 Å². The first kappa shape index (κ1) is 15.0. The summed E-state index contributed by atoms with van der Waals surface area (Å²) < 4.78 is 0. The van der Waals surface area contributed by atoms with Gasteiger partial charge in [-0.15, -0.1) is 0 Å². The van der Waals surface area contributed by atoms with Crippen LogP contribution in [-0.4, -0.2) is 5.91 Å². The van der Waals surface area contributed by atoms with Crippen molar-refractivity contribution < 1.29 is 4.79 Å². The third kappa shape index (κ3) is 4.60. The lowest BCUT2D eigenvalue weighted by molar-refractivity contribution is -0.111. The molecular formula is C19H21NO. The van der Waals surface area contributed by atoms with E-state index in [0.29, 0.717) is 5.92 Å². The Balaban J connectivity index is 1.95. The van der Waals surface area contributed by atoms with E-state index in [-0.39, 0.29) is 5.91 Å². The van der Waals surface area contributed by atoms with Crippen LogP contribution < -0.4 is 5.32 Å². The normalized spacial score (nSPS) is 12.3. The van der Waals surface area contributed by atoms with Crippen molar-refractivity contribution in [3.63, 3.8) is 0 Å². The van der Waals surface area contributed by atoms with Crippen LogP contribution in [0.3, 0.4) is 0 Å². The first-order valence-corrected chi connectivity index (χ1v) is 7.33. The molecule has 2 nitrogen and oxygen atoms in total. The van der Waals surface area contributed by atoms with Crippen LogP contribution in [0.2, 0.25) is 0 Å². The molecule has 21 heavy (non-hydrogen) atoms. The van der Waals surface area contributed by atoms with Crippen LogP contribution in [-0.2, 0) is 4.79 Å². The zero-order valence-corrected chi connectivity index (χ0v) is 12.5. The van der Waals surface area contributed by atoms with E-state index >= 15 is 0 Å². The molecule has 0 heterocycles. The molecule has 0 radical (unpaired) electrons. The van der Waals surface area contributed by atoms with Gasteiger partial charge < -0.3 is 5.32 Å². The van der Waals surface area contributed by atoms with Crippen molar-refractivity contribution in [3.05, 3.63) is 71.8 Å². The smallest absolute Gasteiger partial charge is 0.248 e. The highest BCUT2D eigenvalue weighted by Gasteiger charge is 2.03. The van der Waals surface area contributed by atoms with Crippen LogP contribution in [0.15, 0.2) is 60.7 Å². The first-order chi connectivity index (χ1) is 10.2. The maximum atomic E-state index is 11.9. The first-order valence-electron chi connectivity index (χ1n) is 7.33. The number of nitrogens with one attached hydrogen (secondary N) is 1. The van der Waals surface area contributed by atoms with Gasteiger partial charge in [0.2, 0.25) is 5.91 Å². The van der Waals surface area contributed by atoms with Crippen molar-refractivity contribution >= 4 is 17.7 Å². The van der Waals surface area contributed by atoms with Crippen LogP contribution in [0.25, 0.3) is 6.08 Å². The Bertz CT molecular complexity index is 599. The second-order valence-corrected chi connectivity index (χ2v) is 5.16. The number of hydrogen-bond donors (Lipinski definition) is 1. The standard InChI is InChI=1S/C19H21NO/c1-3-15(2)17-10-12-18(13-11-17)20-19(21)14-9-16-7-5-4-6-8-16/h4-15H,3H2,1-2H3,(H,20,21)/b14-9+/t15-/m1/s1. The monoisotopic (exact) mass is 279 g/mol. The Labute approximate surface area is 126 Å². The molecule has 2 aromatic carbocycles. The van der Waals surface area contributed by atoms with Gasteiger partial charge in [-0.3, -0.25) is 4.79 Å². The number of hydrogen-bond acceptors (Lipinski definition) is 1. The molecule has 0 spiro atoms. The van der Waals surface area contributed by atoms with E-state index in [9.17, 15) is 4.79 Å². The van der Waals surface area contributed by atoms with Crippen LogP contribution in [0.1, 0.15) is 37.3 Å². The number of rotatable bonds is 5. The third-order valence-corrected chi connectivity index (χ3v) is 3.59. The summed E-state index contributed by atoms with van der Waals surface area (Å²) in [7, 11) is 0. The van der Waals surface area contributed by atoms with Gasteiger partial charge in [-0.05, 0) is 41.7 Å². The predicted octanol–water partition coefficient (Wildman–Crippen LogP) is 4.85.